The molecule has 0 fully saturated rings. The molecule has 0 aliphatic carbocycles. The quantitative estimate of drug-likeness (QED) is 0.373. The van der Waals surface area contributed by atoms with Crippen LogP contribution in [0.2, 0.25) is 0 Å². The maximum Gasteiger partial charge on any atom is 0.322 e. The highest BCUT2D eigenvalue weighted by molar-refractivity contribution is 8.04. The zero-order valence-corrected chi connectivity index (χ0v) is 12.7. The van der Waals surface area contributed by atoms with Crippen molar-refractivity contribution in [2.75, 3.05) is 32.3 Å². The van der Waals surface area contributed by atoms with Crippen LogP contribution >= 0.6 is 23.5 Å². The molecule has 0 aromatic carbocycles. The Morgan fingerprint density at radius 1 is 1.05 bits per heavy atom. The van der Waals surface area contributed by atoms with Gasteiger partial charge in [-0.3, -0.25) is 0 Å². The molecule has 1 atom stereocenters. The highest BCUT2D eigenvalue weighted by Crippen LogP contribution is 2.38. The number of hydrogen-bond acceptors (Lipinski definition) is 3. The number of thioether (sulfide) groups is 2. The van der Waals surface area contributed by atoms with E-state index in [1.165, 1.54) is 0 Å². The van der Waals surface area contributed by atoms with E-state index in [9.17, 15) is 26.3 Å². The Bertz CT molecular complexity index is 255. The van der Waals surface area contributed by atoms with Gasteiger partial charge in [0.1, 0.15) is 0 Å². The van der Waals surface area contributed by atoms with Crippen LogP contribution in [0.3, 0.4) is 0 Å². The molecule has 122 valence electrons. The van der Waals surface area contributed by atoms with Gasteiger partial charge in [0.25, 0.3) is 0 Å². The molecule has 20 heavy (non-hydrogen) atoms. The first-order chi connectivity index (χ1) is 9.26. The van der Waals surface area contributed by atoms with E-state index >= 15 is 0 Å². The third kappa shape index (κ3) is 10.0. The molecule has 1 unspecified atom stereocenters. The van der Waals surface area contributed by atoms with Crippen LogP contribution in [0.25, 0.3) is 0 Å². The third-order valence-corrected chi connectivity index (χ3v) is 4.48. The molecule has 9 heteroatoms. The summed E-state index contributed by atoms with van der Waals surface area (Å²) in [5.41, 5.74) is 0. The van der Waals surface area contributed by atoms with Gasteiger partial charge < -0.3 is 4.74 Å². The lowest BCUT2D eigenvalue weighted by atomic mass is 10.4. The number of rotatable bonds is 12. The van der Waals surface area contributed by atoms with E-state index in [4.69, 9.17) is 4.74 Å². The first kappa shape index (κ1) is 20.2. The van der Waals surface area contributed by atoms with Crippen molar-refractivity contribution < 1.29 is 31.1 Å². The SMILES string of the molecule is CCCCOCC(CSC(F)(F)CF)SC(F)(F)CF. The maximum absolute atomic E-state index is 12.9. The standard InChI is InChI=1S/C11H18F6OS2/c1-2-3-4-18-5-9(20-11(16,17)8-13)6-19-10(14,15)7-12/h9H,2-8H2,1H3. The molecule has 0 aliphatic heterocycles. The summed E-state index contributed by atoms with van der Waals surface area (Å²) in [6, 6.07) is 0. The molecule has 1 nitrogen and oxygen atoms in total. The Kier molecular flexibility index (Phi) is 10.2. The van der Waals surface area contributed by atoms with Crippen molar-refractivity contribution in [2.45, 2.75) is 35.5 Å². The van der Waals surface area contributed by atoms with E-state index in [1.807, 2.05) is 6.92 Å². The Balaban J connectivity index is 4.31. The normalized spacial score (nSPS) is 14.6. The average Bonchev–Trinajstić information content (AvgIpc) is 2.40. The molecule has 0 aromatic heterocycles. The minimum atomic E-state index is -3.65. The van der Waals surface area contributed by atoms with Crippen LogP contribution in [-0.4, -0.2) is 48.1 Å². The summed E-state index contributed by atoms with van der Waals surface area (Å²) < 4.78 is 80.5. The van der Waals surface area contributed by atoms with E-state index in [2.05, 4.69) is 0 Å². The molecule has 0 saturated carbocycles. The van der Waals surface area contributed by atoms with E-state index in [0.717, 1.165) is 6.42 Å². The number of ether oxygens (including phenoxy) is 1. The van der Waals surface area contributed by atoms with Gasteiger partial charge in [0.2, 0.25) is 0 Å². The first-order valence-electron chi connectivity index (χ1n) is 6.03. The van der Waals surface area contributed by atoms with Gasteiger partial charge in [0.05, 0.1) is 6.61 Å². The third-order valence-electron chi connectivity index (χ3n) is 2.08. The fraction of sp³-hybridized carbons (Fsp3) is 1.00. The first-order valence-corrected chi connectivity index (χ1v) is 7.90. The number of alkyl halides is 6. The van der Waals surface area contributed by atoms with E-state index in [1.54, 1.807) is 0 Å². The summed E-state index contributed by atoms with van der Waals surface area (Å²) >= 11 is -0.117. The van der Waals surface area contributed by atoms with E-state index in [-0.39, 0.29) is 30.1 Å². The predicted molar refractivity (Wildman–Crippen MR) is 71.4 cm³/mol. The Labute approximate surface area is 123 Å². The van der Waals surface area contributed by atoms with Crippen LogP contribution < -0.4 is 0 Å². The van der Waals surface area contributed by atoms with Crippen LogP contribution in [0.5, 0.6) is 0 Å². The summed E-state index contributed by atoms with van der Waals surface area (Å²) in [4.78, 5) is 0. The zero-order chi connectivity index (χ0) is 15.6. The molecule has 0 spiro atoms. The monoisotopic (exact) mass is 344 g/mol. The van der Waals surface area contributed by atoms with Gasteiger partial charge in [-0.2, -0.15) is 17.6 Å². The fourth-order valence-corrected chi connectivity index (χ4v) is 2.90. The number of unbranched alkanes of at least 4 members (excludes halogenated alkanes) is 1. The van der Waals surface area contributed by atoms with Crippen molar-refractivity contribution in [1.29, 1.82) is 0 Å². The average molecular weight is 344 g/mol. The summed E-state index contributed by atoms with van der Waals surface area (Å²) in [7, 11) is 0. The van der Waals surface area contributed by atoms with Gasteiger partial charge >= 0.3 is 10.5 Å². The molecule has 0 radical (unpaired) electrons. The highest BCUT2D eigenvalue weighted by atomic mass is 32.2. The molecular weight excluding hydrogens is 326 g/mol. The molecule has 0 N–H and O–H groups in total. The Morgan fingerprint density at radius 2 is 1.65 bits per heavy atom. The second kappa shape index (κ2) is 10.0. The number of halogens is 6. The fourth-order valence-electron chi connectivity index (χ4n) is 1.11. The van der Waals surface area contributed by atoms with E-state index in [0.29, 0.717) is 13.0 Å². The largest absolute Gasteiger partial charge is 0.380 e. The second-order valence-electron chi connectivity index (χ2n) is 4.02. The van der Waals surface area contributed by atoms with Crippen molar-refractivity contribution in [1.82, 2.24) is 0 Å². The summed E-state index contributed by atoms with van der Waals surface area (Å²) in [6.45, 7) is -1.72. The van der Waals surface area contributed by atoms with Crippen LogP contribution in [0, 0.1) is 0 Å². The Hall–Kier alpha value is 0.240. The van der Waals surface area contributed by atoms with Gasteiger partial charge in [-0.1, -0.05) is 36.9 Å². The van der Waals surface area contributed by atoms with Crippen LogP contribution in [0.15, 0.2) is 0 Å². The molecule has 0 bridgehead atoms. The van der Waals surface area contributed by atoms with Gasteiger partial charge in [0.15, 0.2) is 13.3 Å². The molecule has 0 amide bonds. The van der Waals surface area contributed by atoms with Gasteiger partial charge in [-0.25, -0.2) is 8.78 Å². The van der Waals surface area contributed by atoms with Crippen LogP contribution in [-0.2, 0) is 4.74 Å². The smallest absolute Gasteiger partial charge is 0.322 e. The maximum atomic E-state index is 12.9. The van der Waals surface area contributed by atoms with Gasteiger partial charge in [-0.05, 0) is 6.42 Å². The lowest BCUT2D eigenvalue weighted by Gasteiger charge is -2.22. The van der Waals surface area contributed by atoms with Crippen molar-refractivity contribution in [3.8, 4) is 0 Å². The minimum absolute atomic E-state index is 0.0537. The lowest BCUT2D eigenvalue weighted by molar-refractivity contribution is 0.0702. The highest BCUT2D eigenvalue weighted by Gasteiger charge is 2.36. The second-order valence-corrected chi connectivity index (χ2v) is 6.74. The molecule has 0 aliphatic rings. The summed E-state index contributed by atoms with van der Waals surface area (Å²) in [6.07, 6.45) is 1.55. The summed E-state index contributed by atoms with van der Waals surface area (Å²) in [5, 5.41) is -8.29. The Morgan fingerprint density at radius 3 is 2.15 bits per heavy atom. The van der Waals surface area contributed by atoms with Crippen LogP contribution in [0.4, 0.5) is 26.3 Å². The zero-order valence-electron chi connectivity index (χ0n) is 11.0. The van der Waals surface area contributed by atoms with E-state index < -0.39 is 34.9 Å². The predicted octanol–water partition coefficient (Wildman–Crippen LogP) is 4.76. The van der Waals surface area contributed by atoms with Crippen LogP contribution in [0.1, 0.15) is 19.8 Å². The molecule has 0 saturated heterocycles. The molecular formula is C11H18F6OS2. The van der Waals surface area contributed by atoms with Crippen molar-refractivity contribution in [3.05, 3.63) is 0 Å². The topological polar surface area (TPSA) is 9.23 Å². The molecule has 0 heterocycles. The van der Waals surface area contributed by atoms with Crippen molar-refractivity contribution in [2.24, 2.45) is 0 Å². The molecule has 0 aromatic rings. The lowest BCUT2D eigenvalue weighted by Crippen LogP contribution is -2.27. The van der Waals surface area contributed by atoms with Crippen molar-refractivity contribution >= 4 is 23.5 Å². The summed E-state index contributed by atoms with van der Waals surface area (Å²) in [5.74, 6) is -0.441. The number of hydrogen-bond donors (Lipinski definition) is 0. The minimum Gasteiger partial charge on any atom is -0.380 e. The van der Waals surface area contributed by atoms with Crippen molar-refractivity contribution in [3.63, 3.8) is 0 Å². The van der Waals surface area contributed by atoms with Gasteiger partial charge in [-0.15, -0.1) is 0 Å². The van der Waals surface area contributed by atoms with Gasteiger partial charge in [0, 0.05) is 17.6 Å². The molecule has 0 rings (SSSR count).